The molecule has 0 spiro atoms. The van der Waals surface area contributed by atoms with Crippen molar-refractivity contribution in [3.63, 3.8) is 0 Å². The number of hydrogen-bond donors (Lipinski definition) is 0. The molecular weight excluding hydrogens is 286 g/mol. The molecule has 3 aromatic rings. The van der Waals surface area contributed by atoms with Gasteiger partial charge in [0.15, 0.2) is 0 Å². The van der Waals surface area contributed by atoms with Crippen molar-refractivity contribution in [1.82, 2.24) is 4.57 Å². The lowest BCUT2D eigenvalue weighted by Gasteiger charge is -2.07. The van der Waals surface area contributed by atoms with E-state index in [1.165, 1.54) is 7.11 Å². The Morgan fingerprint density at radius 3 is 2.67 bits per heavy atom. The fourth-order valence-corrected chi connectivity index (χ4v) is 2.96. The number of fused-ring (bicyclic) bond motifs is 1. The zero-order valence-corrected chi connectivity index (χ0v) is 12.2. The topological polar surface area (TPSA) is 48.3 Å². The first-order valence-electron chi connectivity index (χ1n) is 6.43. The number of nitrogens with zero attached hydrogens (tertiary/aromatic N) is 1. The molecule has 0 aliphatic rings. The number of aromatic nitrogens is 1. The van der Waals surface area contributed by atoms with Crippen LogP contribution in [0.15, 0.2) is 52.8 Å². The summed E-state index contributed by atoms with van der Waals surface area (Å²) in [6.45, 7) is 0.478. The van der Waals surface area contributed by atoms with Crippen LogP contribution >= 0.6 is 11.3 Å². The molecule has 0 amide bonds. The van der Waals surface area contributed by atoms with Crippen LogP contribution in [0, 0.1) is 0 Å². The molecule has 5 heteroatoms. The smallest absolute Gasteiger partial charge is 0.337 e. The molecule has 1 aromatic carbocycles. The molecule has 21 heavy (non-hydrogen) atoms. The fourth-order valence-electron chi connectivity index (χ4n) is 2.19. The first-order valence-corrected chi connectivity index (χ1v) is 7.31. The van der Waals surface area contributed by atoms with E-state index in [0.29, 0.717) is 12.1 Å². The van der Waals surface area contributed by atoms with Crippen LogP contribution in [0.3, 0.4) is 0 Å². The zero-order chi connectivity index (χ0) is 14.8. The van der Waals surface area contributed by atoms with Crippen LogP contribution < -0.4 is 5.56 Å². The van der Waals surface area contributed by atoms with Gasteiger partial charge in [-0.3, -0.25) is 4.79 Å². The monoisotopic (exact) mass is 299 g/mol. The Morgan fingerprint density at radius 2 is 1.95 bits per heavy atom. The molecule has 0 atom stereocenters. The number of ether oxygens (including phenoxy) is 1. The Balaban J connectivity index is 1.90. The van der Waals surface area contributed by atoms with Crippen molar-refractivity contribution in [2.75, 3.05) is 7.11 Å². The van der Waals surface area contributed by atoms with E-state index in [1.807, 2.05) is 29.6 Å². The van der Waals surface area contributed by atoms with Crippen LogP contribution in [0.4, 0.5) is 0 Å². The largest absolute Gasteiger partial charge is 0.465 e. The van der Waals surface area contributed by atoms with Gasteiger partial charge in [-0.15, -0.1) is 11.3 Å². The molecule has 0 aliphatic heterocycles. The van der Waals surface area contributed by atoms with Crippen molar-refractivity contribution < 1.29 is 9.53 Å². The minimum absolute atomic E-state index is 0.00537. The Bertz CT molecular complexity index is 846. The van der Waals surface area contributed by atoms with E-state index in [-0.39, 0.29) is 11.5 Å². The SMILES string of the molecule is COC(=O)c1ccc(Cn2ccc3sccc3c2=O)cc1. The molecule has 4 nitrogen and oxygen atoms in total. The average molecular weight is 299 g/mol. The number of thiophene rings is 1. The first kappa shape index (κ1) is 13.6. The lowest BCUT2D eigenvalue weighted by Crippen LogP contribution is -2.19. The number of rotatable bonds is 3. The third kappa shape index (κ3) is 2.60. The third-order valence-electron chi connectivity index (χ3n) is 3.32. The lowest BCUT2D eigenvalue weighted by molar-refractivity contribution is 0.0600. The van der Waals surface area contributed by atoms with Crippen molar-refractivity contribution in [3.05, 3.63) is 69.5 Å². The summed E-state index contributed by atoms with van der Waals surface area (Å²) in [5.74, 6) is -0.363. The summed E-state index contributed by atoms with van der Waals surface area (Å²) in [6, 6.07) is 10.9. The van der Waals surface area contributed by atoms with Crippen LogP contribution in [0.25, 0.3) is 10.1 Å². The number of carbonyl (C=O) groups excluding carboxylic acids is 1. The van der Waals surface area contributed by atoms with Gasteiger partial charge >= 0.3 is 5.97 Å². The van der Waals surface area contributed by atoms with E-state index in [1.54, 1.807) is 34.2 Å². The second kappa shape index (κ2) is 5.54. The van der Waals surface area contributed by atoms with Crippen molar-refractivity contribution >= 4 is 27.4 Å². The van der Waals surface area contributed by atoms with Crippen LogP contribution in [-0.2, 0) is 11.3 Å². The molecule has 0 bridgehead atoms. The minimum atomic E-state index is -0.363. The van der Waals surface area contributed by atoms with Gasteiger partial charge in [-0.25, -0.2) is 4.79 Å². The van der Waals surface area contributed by atoms with Gasteiger partial charge in [0.05, 0.1) is 24.6 Å². The van der Waals surface area contributed by atoms with Gasteiger partial charge in [0.25, 0.3) is 5.56 Å². The van der Waals surface area contributed by atoms with E-state index < -0.39 is 0 Å². The van der Waals surface area contributed by atoms with E-state index in [0.717, 1.165) is 15.6 Å². The summed E-state index contributed by atoms with van der Waals surface area (Å²) in [5.41, 5.74) is 1.46. The van der Waals surface area contributed by atoms with Gasteiger partial charge in [-0.1, -0.05) is 12.1 Å². The highest BCUT2D eigenvalue weighted by Gasteiger charge is 2.06. The van der Waals surface area contributed by atoms with Crippen molar-refractivity contribution in [2.24, 2.45) is 0 Å². The summed E-state index contributed by atoms with van der Waals surface area (Å²) in [7, 11) is 1.35. The summed E-state index contributed by atoms with van der Waals surface area (Å²) in [5, 5.41) is 2.66. The lowest BCUT2D eigenvalue weighted by atomic mass is 10.1. The summed E-state index contributed by atoms with van der Waals surface area (Å²) >= 11 is 1.56. The van der Waals surface area contributed by atoms with Crippen LogP contribution in [0.2, 0.25) is 0 Å². The van der Waals surface area contributed by atoms with Gasteiger partial charge < -0.3 is 9.30 Å². The van der Waals surface area contributed by atoms with Gasteiger partial charge in [0, 0.05) is 10.9 Å². The maximum atomic E-state index is 12.3. The highest BCUT2D eigenvalue weighted by Crippen LogP contribution is 2.16. The molecule has 3 rings (SSSR count). The predicted molar refractivity (Wildman–Crippen MR) is 83.0 cm³/mol. The van der Waals surface area contributed by atoms with E-state index in [2.05, 4.69) is 4.74 Å². The van der Waals surface area contributed by atoms with E-state index >= 15 is 0 Å². The van der Waals surface area contributed by atoms with Crippen molar-refractivity contribution in [1.29, 1.82) is 0 Å². The Morgan fingerprint density at radius 1 is 1.19 bits per heavy atom. The highest BCUT2D eigenvalue weighted by molar-refractivity contribution is 7.17. The maximum Gasteiger partial charge on any atom is 0.337 e. The Hall–Kier alpha value is -2.40. The predicted octanol–water partition coefficient (Wildman–Crippen LogP) is 2.90. The van der Waals surface area contributed by atoms with Crippen molar-refractivity contribution in [3.8, 4) is 0 Å². The molecule has 0 saturated carbocycles. The number of hydrogen-bond acceptors (Lipinski definition) is 4. The number of benzene rings is 1. The van der Waals surface area contributed by atoms with Crippen molar-refractivity contribution in [2.45, 2.75) is 6.54 Å². The zero-order valence-electron chi connectivity index (χ0n) is 11.4. The average Bonchev–Trinajstić information content (AvgIpc) is 2.99. The molecule has 0 fully saturated rings. The molecule has 2 heterocycles. The van der Waals surface area contributed by atoms with Gasteiger partial charge in [0.2, 0.25) is 0 Å². The van der Waals surface area contributed by atoms with E-state index in [4.69, 9.17) is 0 Å². The quantitative estimate of drug-likeness (QED) is 0.699. The standard InChI is InChI=1S/C16H13NO3S/c1-20-16(19)12-4-2-11(3-5-12)10-17-8-6-14-13(15(17)18)7-9-21-14/h2-9H,10H2,1H3. The molecule has 0 saturated heterocycles. The summed E-state index contributed by atoms with van der Waals surface area (Å²) in [4.78, 5) is 23.7. The molecular formula is C16H13NO3S. The van der Waals surface area contributed by atoms with Crippen LogP contribution in [0.5, 0.6) is 0 Å². The summed E-state index contributed by atoms with van der Waals surface area (Å²) in [6.07, 6.45) is 1.80. The normalized spacial score (nSPS) is 10.7. The molecule has 0 N–H and O–H groups in total. The number of pyridine rings is 1. The first-order chi connectivity index (χ1) is 10.2. The van der Waals surface area contributed by atoms with Gasteiger partial charge in [-0.05, 0) is 35.2 Å². The fraction of sp³-hybridized carbons (Fsp3) is 0.125. The number of methoxy groups -OCH3 is 1. The van der Waals surface area contributed by atoms with Crippen LogP contribution in [-0.4, -0.2) is 17.6 Å². The third-order valence-corrected chi connectivity index (χ3v) is 4.20. The molecule has 106 valence electrons. The second-order valence-corrected chi connectivity index (χ2v) is 5.58. The van der Waals surface area contributed by atoms with Gasteiger partial charge in [0.1, 0.15) is 0 Å². The van der Waals surface area contributed by atoms with Gasteiger partial charge in [-0.2, -0.15) is 0 Å². The summed E-state index contributed by atoms with van der Waals surface area (Å²) < 4.78 is 7.33. The molecule has 0 radical (unpaired) electrons. The minimum Gasteiger partial charge on any atom is -0.465 e. The second-order valence-electron chi connectivity index (χ2n) is 4.64. The number of carbonyl (C=O) groups is 1. The number of esters is 1. The Kier molecular flexibility index (Phi) is 3.58. The molecule has 0 unspecified atom stereocenters. The molecule has 0 aliphatic carbocycles. The highest BCUT2D eigenvalue weighted by atomic mass is 32.1. The van der Waals surface area contributed by atoms with E-state index in [9.17, 15) is 9.59 Å². The molecule has 2 aromatic heterocycles. The van der Waals surface area contributed by atoms with Crippen LogP contribution in [0.1, 0.15) is 15.9 Å². The maximum absolute atomic E-state index is 12.3. The Labute approximate surface area is 125 Å².